The zero-order valence-electron chi connectivity index (χ0n) is 28.3. The molecule has 0 atom stereocenters. The van der Waals surface area contributed by atoms with Crippen LogP contribution in [0.2, 0.25) is 0 Å². The summed E-state index contributed by atoms with van der Waals surface area (Å²) in [5, 5.41) is 48.1. The van der Waals surface area contributed by atoms with Crippen molar-refractivity contribution in [1.29, 1.82) is 0 Å². The Morgan fingerprint density at radius 1 is 0.490 bits per heavy atom. The van der Waals surface area contributed by atoms with Crippen LogP contribution in [0.4, 0.5) is 0 Å². The fourth-order valence-electron chi connectivity index (χ4n) is 6.66. The fraction of sp³-hybridized carbons (Fsp3) is 0.324. The number of carbonyl (C=O) groups is 5. The van der Waals surface area contributed by atoms with Crippen molar-refractivity contribution in [2.75, 3.05) is 0 Å². The SMILES string of the molecule is CC1=C(CCC(=O)O)c2cc3[nH]c(cc4[nH]c(cc5nc(cc1n2)C(C)=C5CCC(=O)O)c(CCC(=O)O)c4CC(=O)O)c(CCC(=O)O)c3C. The van der Waals surface area contributed by atoms with Gasteiger partial charge in [-0.2, -0.15) is 0 Å². The molecule has 0 radical (unpaired) electrons. The fourth-order valence-corrected chi connectivity index (χ4v) is 6.66. The number of hydrogen-bond acceptors (Lipinski definition) is 7. The summed E-state index contributed by atoms with van der Waals surface area (Å²) in [7, 11) is 0. The number of nitrogens with zero attached hydrogens (tertiary/aromatic N) is 2. The molecule has 7 N–H and O–H groups in total. The molecule has 3 aromatic rings. The second kappa shape index (κ2) is 14.8. The first-order valence-electron chi connectivity index (χ1n) is 16.4. The summed E-state index contributed by atoms with van der Waals surface area (Å²) in [6.07, 6.45) is -0.797. The third-order valence-electron chi connectivity index (χ3n) is 9.32. The third kappa shape index (κ3) is 8.06. The summed E-state index contributed by atoms with van der Waals surface area (Å²) in [5.41, 5.74) is 8.86. The second-order valence-electron chi connectivity index (χ2n) is 12.7. The zero-order valence-corrected chi connectivity index (χ0v) is 28.3. The van der Waals surface area contributed by atoms with Crippen LogP contribution in [0.15, 0.2) is 24.3 Å². The Bertz CT molecular complexity index is 2220. The van der Waals surface area contributed by atoms with Crippen molar-refractivity contribution in [3.63, 3.8) is 0 Å². The number of fused-ring (bicyclic) bond motifs is 8. The van der Waals surface area contributed by atoms with E-state index in [1.807, 2.05) is 20.8 Å². The normalized spacial score (nSPS) is 12.8. The molecule has 0 amide bonds. The highest BCUT2D eigenvalue weighted by molar-refractivity contribution is 5.96. The van der Waals surface area contributed by atoms with Crippen LogP contribution < -0.4 is 0 Å². The van der Waals surface area contributed by atoms with E-state index in [1.165, 1.54) is 0 Å². The van der Waals surface area contributed by atoms with E-state index in [1.54, 1.807) is 24.3 Å². The predicted octanol–water partition coefficient (Wildman–Crippen LogP) is 5.88. The van der Waals surface area contributed by atoms with Gasteiger partial charge in [0.25, 0.3) is 0 Å². The van der Waals surface area contributed by atoms with Gasteiger partial charge in [0.15, 0.2) is 0 Å². The Hall–Kier alpha value is -6.05. The number of carboxylic acid groups (broad SMARTS) is 5. The quantitative estimate of drug-likeness (QED) is 0.104. The molecule has 51 heavy (non-hydrogen) atoms. The number of nitrogens with one attached hydrogen (secondary N) is 2. The lowest BCUT2D eigenvalue weighted by atomic mass is 9.98. The Kier molecular flexibility index (Phi) is 10.5. The maximum Gasteiger partial charge on any atom is 0.307 e. The number of rotatable bonds is 14. The van der Waals surface area contributed by atoms with Gasteiger partial charge in [-0.25, -0.2) is 9.97 Å². The first-order chi connectivity index (χ1) is 24.1. The molecular weight excluding hydrogens is 660 g/mol. The van der Waals surface area contributed by atoms with Gasteiger partial charge < -0.3 is 35.5 Å². The Balaban J connectivity index is 1.96. The summed E-state index contributed by atoms with van der Waals surface area (Å²) in [5.74, 6) is -5.22. The van der Waals surface area contributed by atoms with Gasteiger partial charge in [-0.3, -0.25) is 24.0 Å². The van der Waals surface area contributed by atoms with Crippen LogP contribution >= 0.6 is 0 Å². The first kappa shape index (κ1) is 36.2. The molecule has 0 unspecified atom stereocenters. The number of aryl methyl sites for hydroxylation is 3. The van der Waals surface area contributed by atoms with Gasteiger partial charge in [-0.15, -0.1) is 0 Å². The van der Waals surface area contributed by atoms with E-state index in [-0.39, 0.29) is 51.4 Å². The van der Waals surface area contributed by atoms with Crippen molar-refractivity contribution in [1.82, 2.24) is 19.9 Å². The van der Waals surface area contributed by atoms with Crippen molar-refractivity contribution in [2.24, 2.45) is 0 Å². The summed E-state index contributed by atoms with van der Waals surface area (Å²) in [4.78, 5) is 75.2. The van der Waals surface area contributed by atoms with Crippen molar-refractivity contribution < 1.29 is 49.5 Å². The van der Waals surface area contributed by atoms with Crippen LogP contribution in [0.1, 0.15) is 97.4 Å². The summed E-state index contributed by atoms with van der Waals surface area (Å²) in [6.45, 7) is 5.48. The summed E-state index contributed by atoms with van der Waals surface area (Å²) in [6, 6.07) is 6.90. The molecule has 2 aliphatic heterocycles. The predicted molar refractivity (Wildman–Crippen MR) is 188 cm³/mol. The van der Waals surface area contributed by atoms with E-state index in [0.29, 0.717) is 78.3 Å². The molecule has 0 spiro atoms. The first-order valence-corrected chi connectivity index (χ1v) is 16.4. The van der Waals surface area contributed by atoms with Crippen LogP contribution in [0.25, 0.3) is 44.4 Å². The number of carboxylic acids is 5. The van der Waals surface area contributed by atoms with E-state index >= 15 is 0 Å². The van der Waals surface area contributed by atoms with Gasteiger partial charge in [0, 0.05) is 47.8 Å². The van der Waals surface area contributed by atoms with Crippen molar-refractivity contribution >= 4 is 74.2 Å². The Morgan fingerprint density at radius 3 is 1.39 bits per heavy atom. The van der Waals surface area contributed by atoms with Crippen LogP contribution in [0.3, 0.4) is 0 Å². The lowest BCUT2D eigenvalue weighted by Crippen LogP contribution is -2.04. The molecule has 0 saturated heterocycles. The minimum atomic E-state index is -1.15. The Labute approximate surface area is 291 Å². The highest BCUT2D eigenvalue weighted by Crippen LogP contribution is 2.38. The molecule has 0 aromatic carbocycles. The summed E-state index contributed by atoms with van der Waals surface area (Å²) >= 11 is 0. The van der Waals surface area contributed by atoms with Gasteiger partial charge in [0.05, 0.1) is 29.2 Å². The second-order valence-corrected chi connectivity index (χ2v) is 12.7. The van der Waals surface area contributed by atoms with Crippen LogP contribution in [-0.4, -0.2) is 75.3 Å². The number of aromatic nitrogens is 4. The molecule has 14 nitrogen and oxygen atoms in total. The van der Waals surface area contributed by atoms with Crippen molar-refractivity contribution in [3.8, 4) is 0 Å². The van der Waals surface area contributed by atoms with E-state index in [0.717, 1.165) is 11.1 Å². The average molecular weight is 699 g/mol. The van der Waals surface area contributed by atoms with Gasteiger partial charge in [0.1, 0.15) is 0 Å². The van der Waals surface area contributed by atoms with Crippen LogP contribution in [0.5, 0.6) is 0 Å². The van der Waals surface area contributed by atoms with Crippen molar-refractivity contribution in [3.05, 3.63) is 69.3 Å². The molecule has 2 aliphatic rings. The monoisotopic (exact) mass is 698 g/mol. The number of aliphatic carboxylic acids is 5. The van der Waals surface area contributed by atoms with E-state index in [4.69, 9.17) is 9.97 Å². The molecule has 14 heteroatoms. The molecule has 0 fully saturated rings. The van der Waals surface area contributed by atoms with E-state index < -0.39 is 36.3 Å². The largest absolute Gasteiger partial charge is 0.481 e. The number of hydrogen-bond donors (Lipinski definition) is 7. The topological polar surface area (TPSA) is 244 Å². The van der Waals surface area contributed by atoms with Gasteiger partial charge in [0.2, 0.25) is 0 Å². The highest BCUT2D eigenvalue weighted by Gasteiger charge is 2.23. The van der Waals surface area contributed by atoms with E-state index in [2.05, 4.69) is 9.97 Å². The van der Waals surface area contributed by atoms with Crippen LogP contribution in [-0.2, 0) is 43.2 Å². The van der Waals surface area contributed by atoms with Crippen molar-refractivity contribution in [2.45, 2.75) is 78.6 Å². The minimum absolute atomic E-state index is 0.00978. The van der Waals surface area contributed by atoms with Gasteiger partial charge in [-0.05, 0) is 115 Å². The number of aromatic amines is 2. The zero-order chi connectivity index (χ0) is 37.1. The molecule has 5 heterocycles. The number of H-pyrrole nitrogens is 2. The lowest BCUT2D eigenvalue weighted by Gasteiger charge is -2.04. The third-order valence-corrected chi connectivity index (χ3v) is 9.32. The molecule has 266 valence electrons. The van der Waals surface area contributed by atoms with Crippen LogP contribution in [0, 0.1) is 6.92 Å². The average Bonchev–Trinajstić information content (AvgIpc) is 3.70. The molecule has 3 aromatic heterocycles. The molecule has 8 bridgehead atoms. The highest BCUT2D eigenvalue weighted by atomic mass is 16.4. The smallest absolute Gasteiger partial charge is 0.307 e. The number of allylic oxidation sites excluding steroid dienone is 4. The lowest BCUT2D eigenvalue weighted by molar-refractivity contribution is -0.138. The maximum atomic E-state index is 12.2. The maximum absolute atomic E-state index is 12.2. The standard InChI is InChI=1S/C37H38N4O10/c1-17-20(4-8-33(42)43)28-14-27-19(3)22(6-10-35(46)47)30(40-27)16-32-24(12-37(50)51)23(7-11-36(48)49)31(41-32)15-29-21(5-9-34(44)45)18(2)26(39-29)13-25(17)38-28/h13-16,40-41H,4-12H2,1-3H3,(H,42,43)(H,44,45)(H,46,47)(H,48,49)(H,50,51). The molecule has 0 saturated carbocycles. The van der Waals surface area contributed by atoms with E-state index in [9.17, 15) is 49.5 Å². The van der Waals surface area contributed by atoms with Gasteiger partial charge >= 0.3 is 29.8 Å². The molecular formula is C37H38N4O10. The van der Waals surface area contributed by atoms with Gasteiger partial charge in [-0.1, -0.05) is 0 Å². The molecule has 5 rings (SSSR count). The molecule has 0 aliphatic carbocycles. The Morgan fingerprint density at radius 2 is 0.902 bits per heavy atom. The summed E-state index contributed by atoms with van der Waals surface area (Å²) < 4.78 is 0. The minimum Gasteiger partial charge on any atom is -0.481 e.